The average molecular weight is 377 g/mol. The van der Waals surface area contributed by atoms with Gasteiger partial charge in [0.05, 0.1) is 16.8 Å². The minimum Gasteiger partial charge on any atom is -0.439 e. The van der Waals surface area contributed by atoms with Crippen LogP contribution in [0.4, 0.5) is 11.4 Å². The van der Waals surface area contributed by atoms with E-state index in [-0.39, 0.29) is 11.6 Å². The van der Waals surface area contributed by atoms with Gasteiger partial charge in [-0.3, -0.25) is 14.9 Å². The van der Waals surface area contributed by atoms with Crippen molar-refractivity contribution in [1.29, 1.82) is 0 Å². The van der Waals surface area contributed by atoms with E-state index >= 15 is 0 Å². The van der Waals surface area contributed by atoms with Crippen LogP contribution in [0.25, 0.3) is 0 Å². The highest BCUT2D eigenvalue weighted by Crippen LogP contribution is 2.29. The van der Waals surface area contributed by atoms with E-state index in [1.165, 1.54) is 30.5 Å². The minimum absolute atomic E-state index is 0.0682. The van der Waals surface area contributed by atoms with Crippen molar-refractivity contribution in [2.45, 2.75) is 19.8 Å². The molecule has 2 aromatic carbocycles. The Morgan fingerprint density at radius 2 is 1.79 bits per heavy atom. The number of amides is 1. The van der Waals surface area contributed by atoms with Gasteiger partial charge in [-0.25, -0.2) is 4.98 Å². The monoisotopic (exact) mass is 377 g/mol. The van der Waals surface area contributed by atoms with Gasteiger partial charge >= 0.3 is 0 Å². The lowest BCUT2D eigenvalue weighted by atomic mass is 10.0. The molecule has 0 spiro atoms. The van der Waals surface area contributed by atoms with Gasteiger partial charge in [0, 0.05) is 23.8 Å². The highest BCUT2D eigenvalue weighted by Gasteiger charge is 2.11. The zero-order chi connectivity index (χ0) is 20.1. The van der Waals surface area contributed by atoms with Gasteiger partial charge in [0.15, 0.2) is 0 Å². The summed E-state index contributed by atoms with van der Waals surface area (Å²) in [6.07, 6.45) is 1.50. The normalized spacial score (nSPS) is 10.5. The van der Waals surface area contributed by atoms with Crippen LogP contribution in [0.2, 0.25) is 0 Å². The van der Waals surface area contributed by atoms with E-state index in [9.17, 15) is 14.9 Å². The molecule has 142 valence electrons. The van der Waals surface area contributed by atoms with Crippen LogP contribution in [0, 0.1) is 10.1 Å². The molecule has 28 heavy (non-hydrogen) atoms. The van der Waals surface area contributed by atoms with Gasteiger partial charge in [-0.1, -0.05) is 32.0 Å². The van der Waals surface area contributed by atoms with E-state index in [2.05, 4.69) is 24.1 Å². The first kappa shape index (κ1) is 19.0. The van der Waals surface area contributed by atoms with Crippen molar-refractivity contribution in [2.75, 3.05) is 5.32 Å². The number of hydrogen-bond donors (Lipinski definition) is 1. The second kappa shape index (κ2) is 8.30. The smallest absolute Gasteiger partial charge is 0.269 e. The van der Waals surface area contributed by atoms with Gasteiger partial charge in [-0.2, -0.15) is 0 Å². The van der Waals surface area contributed by atoms with Crippen LogP contribution in [0.1, 0.15) is 35.7 Å². The summed E-state index contributed by atoms with van der Waals surface area (Å²) in [4.78, 5) is 26.6. The van der Waals surface area contributed by atoms with Gasteiger partial charge in [0.1, 0.15) is 5.75 Å². The number of carbonyl (C=O) groups excluding carboxylic acids is 1. The minimum atomic E-state index is -0.512. The third-order valence-corrected chi connectivity index (χ3v) is 4.09. The average Bonchev–Trinajstić information content (AvgIpc) is 2.69. The van der Waals surface area contributed by atoms with Gasteiger partial charge in [-0.15, -0.1) is 0 Å². The number of anilines is 1. The van der Waals surface area contributed by atoms with Gasteiger partial charge in [0.25, 0.3) is 11.6 Å². The van der Waals surface area contributed by atoms with Crippen molar-refractivity contribution >= 4 is 17.3 Å². The van der Waals surface area contributed by atoms with Gasteiger partial charge in [0.2, 0.25) is 5.88 Å². The fourth-order valence-electron chi connectivity index (χ4n) is 2.62. The first-order valence-electron chi connectivity index (χ1n) is 8.72. The molecule has 7 nitrogen and oxygen atoms in total. The van der Waals surface area contributed by atoms with Crippen molar-refractivity contribution in [3.05, 3.63) is 88.1 Å². The molecule has 0 radical (unpaired) electrons. The fraction of sp³-hybridized carbons (Fsp3) is 0.143. The molecule has 1 heterocycles. The number of nitrogens with one attached hydrogen (secondary N) is 1. The van der Waals surface area contributed by atoms with Crippen molar-refractivity contribution in [1.82, 2.24) is 4.98 Å². The highest BCUT2D eigenvalue weighted by atomic mass is 16.6. The van der Waals surface area contributed by atoms with Crippen LogP contribution in [0.5, 0.6) is 11.6 Å². The maximum Gasteiger partial charge on any atom is 0.269 e. The number of pyridine rings is 1. The molecule has 0 fully saturated rings. The Bertz CT molecular complexity index is 983. The maximum absolute atomic E-state index is 12.3. The number of nitro benzene ring substituents is 1. The summed E-state index contributed by atoms with van der Waals surface area (Å²) in [5.41, 5.74) is 1.82. The van der Waals surface area contributed by atoms with Crippen molar-refractivity contribution in [3.63, 3.8) is 0 Å². The Morgan fingerprint density at radius 1 is 1.07 bits per heavy atom. The van der Waals surface area contributed by atoms with Crippen LogP contribution in [-0.4, -0.2) is 15.8 Å². The predicted molar refractivity (Wildman–Crippen MR) is 106 cm³/mol. The molecular weight excluding hydrogens is 358 g/mol. The third-order valence-electron chi connectivity index (χ3n) is 4.09. The number of hydrogen-bond acceptors (Lipinski definition) is 5. The molecule has 1 N–H and O–H groups in total. The fourth-order valence-corrected chi connectivity index (χ4v) is 2.62. The number of aromatic nitrogens is 1. The molecule has 0 atom stereocenters. The molecule has 0 saturated carbocycles. The maximum atomic E-state index is 12.3. The molecular formula is C21H19N3O4. The Hall–Kier alpha value is -3.74. The summed E-state index contributed by atoms with van der Waals surface area (Å²) in [6.45, 7) is 4.18. The third kappa shape index (κ3) is 4.50. The number of benzene rings is 2. The van der Waals surface area contributed by atoms with E-state index in [4.69, 9.17) is 4.74 Å². The summed E-state index contributed by atoms with van der Waals surface area (Å²) in [5.74, 6) is 1.10. The van der Waals surface area contributed by atoms with Crippen molar-refractivity contribution in [3.8, 4) is 11.6 Å². The largest absolute Gasteiger partial charge is 0.439 e. The number of nitrogens with zero attached hydrogens (tertiary/aromatic N) is 2. The number of ether oxygens (including phenoxy) is 1. The molecule has 1 amide bonds. The predicted octanol–water partition coefficient (Wildman–Crippen LogP) is 5.16. The molecule has 3 aromatic rings. The van der Waals surface area contributed by atoms with E-state index in [0.29, 0.717) is 23.0 Å². The van der Waals surface area contributed by atoms with E-state index in [1.54, 1.807) is 12.1 Å². The van der Waals surface area contributed by atoms with Crippen LogP contribution in [0.3, 0.4) is 0 Å². The highest BCUT2D eigenvalue weighted by molar-refractivity contribution is 6.04. The Morgan fingerprint density at radius 3 is 2.39 bits per heavy atom. The molecule has 1 aromatic heterocycles. The lowest BCUT2D eigenvalue weighted by molar-refractivity contribution is -0.384. The zero-order valence-corrected chi connectivity index (χ0v) is 15.5. The SMILES string of the molecule is CC(C)c1ccccc1Oc1ccc(NC(=O)c2ccc([N+](=O)[O-])cc2)cn1. The van der Waals surface area contributed by atoms with E-state index < -0.39 is 4.92 Å². The first-order chi connectivity index (χ1) is 13.4. The van der Waals surface area contributed by atoms with E-state index in [1.807, 2.05) is 24.3 Å². The number of para-hydroxylation sites is 1. The summed E-state index contributed by atoms with van der Waals surface area (Å²) in [5, 5.41) is 13.4. The molecule has 0 saturated heterocycles. The van der Waals surface area contributed by atoms with Crippen LogP contribution < -0.4 is 10.1 Å². The lowest BCUT2D eigenvalue weighted by Crippen LogP contribution is -2.12. The molecule has 0 aliphatic carbocycles. The second-order valence-corrected chi connectivity index (χ2v) is 6.44. The molecule has 0 bridgehead atoms. The summed E-state index contributed by atoms with van der Waals surface area (Å²) >= 11 is 0. The molecule has 0 unspecified atom stereocenters. The Balaban J connectivity index is 1.67. The quantitative estimate of drug-likeness (QED) is 0.473. The summed E-state index contributed by atoms with van der Waals surface area (Å²) in [7, 11) is 0. The van der Waals surface area contributed by atoms with Crippen LogP contribution in [-0.2, 0) is 0 Å². The lowest BCUT2D eigenvalue weighted by Gasteiger charge is -2.13. The second-order valence-electron chi connectivity index (χ2n) is 6.44. The van der Waals surface area contributed by atoms with Crippen LogP contribution >= 0.6 is 0 Å². The molecule has 0 aliphatic heterocycles. The van der Waals surface area contributed by atoms with Gasteiger partial charge < -0.3 is 10.1 Å². The van der Waals surface area contributed by atoms with Crippen LogP contribution in [0.15, 0.2) is 66.9 Å². The van der Waals surface area contributed by atoms with Crippen molar-refractivity contribution < 1.29 is 14.5 Å². The Labute approximate surface area is 162 Å². The number of nitro groups is 1. The molecule has 3 rings (SSSR count). The molecule has 7 heteroatoms. The number of carbonyl (C=O) groups is 1. The summed E-state index contributed by atoms with van der Waals surface area (Å²) in [6, 6.07) is 16.5. The summed E-state index contributed by atoms with van der Waals surface area (Å²) < 4.78 is 5.86. The number of rotatable bonds is 6. The zero-order valence-electron chi connectivity index (χ0n) is 15.5. The first-order valence-corrected chi connectivity index (χ1v) is 8.72. The Kier molecular flexibility index (Phi) is 5.64. The standard InChI is InChI=1S/C21H19N3O4/c1-14(2)18-5-3-4-6-19(18)28-20-12-9-16(13-22-20)23-21(25)15-7-10-17(11-8-15)24(26)27/h3-14H,1-2H3,(H,23,25). The number of non-ortho nitro benzene ring substituents is 1. The van der Waals surface area contributed by atoms with E-state index in [0.717, 1.165) is 11.3 Å². The van der Waals surface area contributed by atoms with Gasteiger partial charge in [-0.05, 0) is 35.7 Å². The van der Waals surface area contributed by atoms with Crippen molar-refractivity contribution in [2.24, 2.45) is 0 Å². The molecule has 0 aliphatic rings. The topological polar surface area (TPSA) is 94.4 Å².